The van der Waals surface area contributed by atoms with E-state index in [2.05, 4.69) is 39.5 Å². The van der Waals surface area contributed by atoms with Crippen LogP contribution in [-0.2, 0) is 0 Å². The fourth-order valence-electron chi connectivity index (χ4n) is 3.12. The summed E-state index contributed by atoms with van der Waals surface area (Å²) in [5.74, 6) is 1.75. The second-order valence-corrected chi connectivity index (χ2v) is 6.96. The van der Waals surface area contributed by atoms with E-state index in [1.54, 1.807) is 12.4 Å². The largest absolute Gasteiger partial charge is 0.477 e. The van der Waals surface area contributed by atoms with E-state index in [1.165, 1.54) is 25.7 Å². The first-order valence-electron chi connectivity index (χ1n) is 9.08. The van der Waals surface area contributed by atoms with E-state index in [0.29, 0.717) is 29.8 Å². The third-order valence-electron chi connectivity index (χ3n) is 4.74. The lowest BCUT2D eigenvalue weighted by Crippen LogP contribution is -2.31. The molecule has 0 aromatic carbocycles. The van der Waals surface area contributed by atoms with Crippen molar-refractivity contribution in [2.75, 3.05) is 19.0 Å². The summed E-state index contributed by atoms with van der Waals surface area (Å²) in [4.78, 5) is 8.70. The lowest BCUT2D eigenvalue weighted by Gasteiger charge is -2.27. The molecule has 7 nitrogen and oxygen atoms in total. The topological polar surface area (TPSA) is 76.9 Å². The minimum absolute atomic E-state index is 0.323. The van der Waals surface area contributed by atoms with Crippen LogP contribution in [0.5, 0.6) is 5.88 Å². The molecular formula is C18H28N6O. The number of nitrogens with one attached hydrogen (secondary N) is 2. The number of hydrogen-bond acceptors (Lipinski definition) is 6. The predicted octanol–water partition coefficient (Wildman–Crippen LogP) is 3.15. The molecule has 1 fully saturated rings. The zero-order chi connectivity index (χ0) is 17.6. The number of rotatable bonds is 7. The first kappa shape index (κ1) is 17.7. The van der Waals surface area contributed by atoms with Crippen molar-refractivity contribution >= 4 is 11.6 Å². The maximum atomic E-state index is 5.90. The van der Waals surface area contributed by atoms with Gasteiger partial charge in [0.05, 0.1) is 18.5 Å². The van der Waals surface area contributed by atoms with E-state index in [-0.39, 0.29) is 0 Å². The van der Waals surface area contributed by atoms with Gasteiger partial charge in [0, 0.05) is 30.5 Å². The molecule has 2 aromatic heterocycles. The van der Waals surface area contributed by atoms with Crippen molar-refractivity contribution in [3.8, 4) is 5.88 Å². The summed E-state index contributed by atoms with van der Waals surface area (Å²) in [6.45, 7) is 4.90. The van der Waals surface area contributed by atoms with Crippen molar-refractivity contribution in [2.45, 2.75) is 51.6 Å². The molecule has 0 atom stereocenters. The minimum atomic E-state index is 0.323. The van der Waals surface area contributed by atoms with Crippen LogP contribution in [0.25, 0.3) is 0 Å². The van der Waals surface area contributed by atoms with Gasteiger partial charge in [0.1, 0.15) is 0 Å². The van der Waals surface area contributed by atoms with Crippen molar-refractivity contribution in [1.82, 2.24) is 25.1 Å². The Bertz CT molecular complexity index is 663. The molecule has 3 rings (SSSR count). The zero-order valence-corrected chi connectivity index (χ0v) is 15.3. The average molecular weight is 344 g/mol. The molecule has 0 saturated heterocycles. The highest BCUT2D eigenvalue weighted by atomic mass is 16.5. The van der Waals surface area contributed by atoms with Crippen LogP contribution >= 0.6 is 0 Å². The van der Waals surface area contributed by atoms with E-state index in [1.807, 2.05) is 24.0 Å². The summed E-state index contributed by atoms with van der Waals surface area (Å²) < 4.78 is 7.80. The molecule has 136 valence electrons. The Hall–Kier alpha value is -2.15. The van der Waals surface area contributed by atoms with E-state index >= 15 is 0 Å². The third kappa shape index (κ3) is 4.92. The van der Waals surface area contributed by atoms with E-state index in [4.69, 9.17) is 4.74 Å². The van der Waals surface area contributed by atoms with Crippen molar-refractivity contribution in [1.29, 1.82) is 0 Å². The molecule has 2 aromatic rings. The maximum Gasteiger partial charge on any atom is 0.230 e. The molecule has 0 amide bonds. The highest BCUT2D eigenvalue weighted by Gasteiger charge is 2.20. The SMILES string of the molecule is CN[C@H]1CC[C@H](COc2ccnc(Nc3cnn(C(C)C)c3)n2)CC1. The molecule has 0 radical (unpaired) electrons. The first-order chi connectivity index (χ1) is 12.1. The molecule has 0 unspecified atom stereocenters. The van der Waals surface area contributed by atoms with Gasteiger partial charge in [0.2, 0.25) is 11.8 Å². The fraction of sp³-hybridized carbons (Fsp3) is 0.611. The Labute approximate surface area is 149 Å². The second kappa shape index (κ2) is 8.29. The molecule has 0 bridgehead atoms. The van der Waals surface area contributed by atoms with Gasteiger partial charge in [-0.15, -0.1) is 0 Å². The molecule has 1 saturated carbocycles. The van der Waals surface area contributed by atoms with Crippen LogP contribution in [0, 0.1) is 5.92 Å². The molecule has 2 N–H and O–H groups in total. The fourth-order valence-corrected chi connectivity index (χ4v) is 3.12. The molecule has 2 heterocycles. The van der Waals surface area contributed by atoms with Crippen molar-refractivity contribution in [2.24, 2.45) is 5.92 Å². The van der Waals surface area contributed by atoms with Crippen LogP contribution in [0.3, 0.4) is 0 Å². The molecule has 1 aliphatic carbocycles. The molecule has 25 heavy (non-hydrogen) atoms. The summed E-state index contributed by atoms with van der Waals surface area (Å²) in [7, 11) is 2.04. The minimum Gasteiger partial charge on any atom is -0.477 e. The van der Waals surface area contributed by atoms with Crippen LogP contribution in [0.15, 0.2) is 24.7 Å². The van der Waals surface area contributed by atoms with Crippen LogP contribution < -0.4 is 15.4 Å². The van der Waals surface area contributed by atoms with E-state index in [0.717, 1.165) is 12.3 Å². The lowest BCUT2D eigenvalue weighted by atomic mass is 9.87. The number of nitrogens with zero attached hydrogens (tertiary/aromatic N) is 4. The predicted molar refractivity (Wildman–Crippen MR) is 98.2 cm³/mol. The second-order valence-electron chi connectivity index (χ2n) is 6.96. The van der Waals surface area contributed by atoms with Gasteiger partial charge in [-0.25, -0.2) is 4.98 Å². The molecule has 1 aliphatic rings. The van der Waals surface area contributed by atoms with E-state index < -0.39 is 0 Å². The monoisotopic (exact) mass is 344 g/mol. The normalized spacial score (nSPS) is 20.6. The Balaban J connectivity index is 1.52. The summed E-state index contributed by atoms with van der Waals surface area (Å²) in [5.41, 5.74) is 0.872. The van der Waals surface area contributed by atoms with Crippen LogP contribution in [0.1, 0.15) is 45.6 Å². The summed E-state index contributed by atoms with van der Waals surface area (Å²) in [6.07, 6.45) is 10.3. The molecule has 0 spiro atoms. The Morgan fingerprint density at radius 2 is 2.08 bits per heavy atom. The first-order valence-corrected chi connectivity index (χ1v) is 9.08. The summed E-state index contributed by atoms with van der Waals surface area (Å²) in [6, 6.07) is 2.80. The molecule has 0 aliphatic heterocycles. The van der Waals surface area contributed by atoms with Gasteiger partial charge in [0.25, 0.3) is 0 Å². The lowest BCUT2D eigenvalue weighted by molar-refractivity contribution is 0.189. The van der Waals surface area contributed by atoms with Gasteiger partial charge in [-0.1, -0.05) is 0 Å². The van der Waals surface area contributed by atoms with Crippen molar-refractivity contribution < 1.29 is 4.74 Å². The number of aromatic nitrogens is 4. The molecule has 7 heteroatoms. The Morgan fingerprint density at radius 1 is 1.28 bits per heavy atom. The van der Waals surface area contributed by atoms with Gasteiger partial charge in [-0.2, -0.15) is 10.1 Å². The average Bonchev–Trinajstić information content (AvgIpc) is 3.09. The van der Waals surface area contributed by atoms with Crippen molar-refractivity contribution in [3.63, 3.8) is 0 Å². The zero-order valence-electron chi connectivity index (χ0n) is 15.3. The quantitative estimate of drug-likeness (QED) is 0.803. The summed E-state index contributed by atoms with van der Waals surface area (Å²) in [5, 5.41) is 10.8. The highest BCUT2D eigenvalue weighted by molar-refractivity contribution is 5.50. The van der Waals surface area contributed by atoms with Gasteiger partial charge >= 0.3 is 0 Å². The number of hydrogen-bond donors (Lipinski definition) is 2. The van der Waals surface area contributed by atoms with Crippen LogP contribution in [0.4, 0.5) is 11.6 Å². The van der Waals surface area contributed by atoms with Gasteiger partial charge < -0.3 is 15.4 Å². The van der Waals surface area contributed by atoms with Gasteiger partial charge in [-0.3, -0.25) is 4.68 Å². The summed E-state index contributed by atoms with van der Waals surface area (Å²) >= 11 is 0. The van der Waals surface area contributed by atoms with Gasteiger partial charge in [-0.05, 0) is 52.5 Å². The van der Waals surface area contributed by atoms with Crippen LogP contribution in [0.2, 0.25) is 0 Å². The van der Waals surface area contributed by atoms with Crippen LogP contribution in [-0.4, -0.2) is 39.4 Å². The smallest absolute Gasteiger partial charge is 0.230 e. The third-order valence-corrected chi connectivity index (χ3v) is 4.74. The van der Waals surface area contributed by atoms with Crippen molar-refractivity contribution in [3.05, 3.63) is 24.7 Å². The highest BCUT2D eigenvalue weighted by Crippen LogP contribution is 2.25. The van der Waals surface area contributed by atoms with Gasteiger partial charge in [0.15, 0.2) is 0 Å². The molecular weight excluding hydrogens is 316 g/mol. The number of ether oxygens (including phenoxy) is 1. The Morgan fingerprint density at radius 3 is 2.76 bits per heavy atom. The van der Waals surface area contributed by atoms with E-state index in [9.17, 15) is 0 Å². The standard InChI is InChI=1S/C18H28N6O/c1-13(2)24-11-16(10-21-24)22-18-20-9-8-17(23-18)25-12-14-4-6-15(19-3)7-5-14/h8-11,13-15,19H,4-7,12H2,1-3H3,(H,20,22,23)/t14-,15-. The number of anilines is 2. The maximum absolute atomic E-state index is 5.90. The Kier molecular flexibility index (Phi) is 5.86.